The molecule has 0 heterocycles. The number of aromatic carboxylic acids is 1. The normalized spacial score (nSPS) is 11.1. The molecule has 0 aliphatic heterocycles. The molecule has 10 nitrogen and oxygen atoms in total. The van der Waals surface area contributed by atoms with Crippen LogP contribution in [0.15, 0.2) is 66.7 Å². The minimum Gasteiger partial charge on any atom is -0.493 e. The summed E-state index contributed by atoms with van der Waals surface area (Å²) in [4.78, 5) is 24.7. The SMILES string of the molecule is COc1ccc(C(Nc2ccc(C(=N)N)cc2)C(=O)NNc2ccccc2C(=O)O)cc1OC. The van der Waals surface area contributed by atoms with Crippen molar-refractivity contribution in [1.29, 1.82) is 5.41 Å². The third kappa shape index (κ3) is 5.54. The van der Waals surface area contributed by atoms with Crippen molar-refractivity contribution in [3.63, 3.8) is 0 Å². The van der Waals surface area contributed by atoms with Crippen molar-refractivity contribution in [2.24, 2.45) is 5.73 Å². The maximum absolute atomic E-state index is 13.2. The van der Waals surface area contributed by atoms with Gasteiger partial charge < -0.3 is 25.6 Å². The number of carbonyl (C=O) groups is 2. The number of rotatable bonds is 10. The molecule has 7 N–H and O–H groups in total. The number of ether oxygens (including phenoxy) is 2. The van der Waals surface area contributed by atoms with Gasteiger partial charge in [0.25, 0.3) is 5.91 Å². The van der Waals surface area contributed by atoms with E-state index in [1.54, 1.807) is 60.7 Å². The quantitative estimate of drug-likeness (QED) is 0.152. The van der Waals surface area contributed by atoms with Crippen LogP contribution in [0.3, 0.4) is 0 Å². The first-order valence-electron chi connectivity index (χ1n) is 10.1. The van der Waals surface area contributed by atoms with Crippen molar-refractivity contribution in [1.82, 2.24) is 5.43 Å². The molecule has 0 spiro atoms. The third-order valence-corrected chi connectivity index (χ3v) is 4.99. The Morgan fingerprint density at radius 3 is 2.26 bits per heavy atom. The lowest BCUT2D eigenvalue weighted by molar-refractivity contribution is -0.121. The van der Waals surface area contributed by atoms with Gasteiger partial charge in [-0.25, -0.2) is 4.79 Å². The van der Waals surface area contributed by atoms with Crippen molar-refractivity contribution < 1.29 is 24.2 Å². The number of amidine groups is 1. The van der Waals surface area contributed by atoms with E-state index in [2.05, 4.69) is 16.2 Å². The molecule has 0 aliphatic carbocycles. The lowest BCUT2D eigenvalue weighted by atomic mass is 10.0. The lowest BCUT2D eigenvalue weighted by Crippen LogP contribution is -2.37. The molecule has 3 aromatic rings. The number of hydrogen-bond acceptors (Lipinski definition) is 7. The van der Waals surface area contributed by atoms with Crippen LogP contribution < -0.4 is 31.4 Å². The Morgan fingerprint density at radius 2 is 1.65 bits per heavy atom. The number of carboxylic acids is 1. The van der Waals surface area contributed by atoms with Crippen LogP contribution in [-0.2, 0) is 4.79 Å². The van der Waals surface area contributed by atoms with Gasteiger partial charge in [-0.2, -0.15) is 0 Å². The van der Waals surface area contributed by atoms with Crippen LogP contribution in [0.1, 0.15) is 27.5 Å². The number of nitrogens with two attached hydrogens (primary N) is 1. The maximum atomic E-state index is 13.2. The molecule has 0 fully saturated rings. The molecule has 3 aromatic carbocycles. The molecule has 1 atom stereocenters. The molecular weight excluding hydrogens is 438 g/mol. The van der Waals surface area contributed by atoms with E-state index in [0.717, 1.165) is 0 Å². The Bertz CT molecular complexity index is 1200. The van der Waals surface area contributed by atoms with Gasteiger partial charge >= 0.3 is 5.97 Å². The summed E-state index contributed by atoms with van der Waals surface area (Å²) in [5.41, 5.74) is 12.7. The van der Waals surface area contributed by atoms with E-state index in [0.29, 0.717) is 28.3 Å². The van der Waals surface area contributed by atoms with E-state index < -0.39 is 17.9 Å². The highest BCUT2D eigenvalue weighted by Gasteiger charge is 2.23. The molecule has 3 rings (SSSR count). The topological polar surface area (TPSA) is 159 Å². The largest absolute Gasteiger partial charge is 0.493 e. The van der Waals surface area contributed by atoms with E-state index in [-0.39, 0.29) is 17.1 Å². The number of methoxy groups -OCH3 is 2. The molecule has 176 valence electrons. The molecule has 34 heavy (non-hydrogen) atoms. The fourth-order valence-corrected chi connectivity index (χ4v) is 3.23. The summed E-state index contributed by atoms with van der Waals surface area (Å²) < 4.78 is 10.6. The summed E-state index contributed by atoms with van der Waals surface area (Å²) in [6.45, 7) is 0. The van der Waals surface area contributed by atoms with Gasteiger partial charge in [-0.1, -0.05) is 18.2 Å². The van der Waals surface area contributed by atoms with E-state index in [4.69, 9.17) is 20.6 Å². The minimum absolute atomic E-state index is 0.0123. The molecule has 1 amide bonds. The monoisotopic (exact) mass is 463 g/mol. The van der Waals surface area contributed by atoms with Gasteiger partial charge in [0.1, 0.15) is 11.9 Å². The Morgan fingerprint density at radius 1 is 0.971 bits per heavy atom. The summed E-state index contributed by atoms with van der Waals surface area (Å²) in [7, 11) is 3.01. The summed E-state index contributed by atoms with van der Waals surface area (Å²) in [6, 6.07) is 17.1. The zero-order valence-corrected chi connectivity index (χ0v) is 18.6. The molecule has 0 radical (unpaired) electrons. The first-order valence-corrected chi connectivity index (χ1v) is 10.1. The lowest BCUT2D eigenvalue weighted by Gasteiger charge is -2.22. The third-order valence-electron chi connectivity index (χ3n) is 4.99. The second kappa shape index (κ2) is 10.7. The second-order valence-electron chi connectivity index (χ2n) is 7.15. The molecule has 0 saturated carbocycles. The highest BCUT2D eigenvalue weighted by atomic mass is 16.5. The Kier molecular flexibility index (Phi) is 7.55. The minimum atomic E-state index is -1.13. The number of carbonyl (C=O) groups excluding carboxylic acids is 1. The van der Waals surface area contributed by atoms with Gasteiger partial charge in [-0.3, -0.25) is 21.1 Å². The molecule has 0 bridgehead atoms. The van der Waals surface area contributed by atoms with E-state index in [9.17, 15) is 14.7 Å². The smallest absolute Gasteiger partial charge is 0.337 e. The Balaban J connectivity index is 1.90. The van der Waals surface area contributed by atoms with Gasteiger partial charge in [-0.05, 0) is 54.1 Å². The average Bonchev–Trinajstić information content (AvgIpc) is 2.85. The number of carboxylic acid groups (broad SMARTS) is 1. The predicted octanol–water partition coefficient (Wildman–Crippen LogP) is 2.98. The number of benzene rings is 3. The molecule has 1 unspecified atom stereocenters. The molecule has 0 aliphatic rings. The number of hydrogen-bond donors (Lipinski definition) is 6. The van der Waals surface area contributed by atoms with Gasteiger partial charge in [0.05, 0.1) is 25.5 Å². The molecule has 0 saturated heterocycles. The highest BCUT2D eigenvalue weighted by molar-refractivity contribution is 5.96. The van der Waals surface area contributed by atoms with Crippen LogP contribution in [-0.4, -0.2) is 37.0 Å². The Hall–Kier alpha value is -4.73. The number of amides is 1. The first-order chi connectivity index (χ1) is 16.3. The molecule has 0 aromatic heterocycles. The average molecular weight is 463 g/mol. The van der Waals surface area contributed by atoms with Gasteiger partial charge in [-0.15, -0.1) is 0 Å². The van der Waals surface area contributed by atoms with Crippen LogP contribution >= 0.6 is 0 Å². The van der Waals surface area contributed by atoms with E-state index in [1.165, 1.54) is 20.3 Å². The second-order valence-corrected chi connectivity index (χ2v) is 7.15. The summed E-state index contributed by atoms with van der Waals surface area (Å²) >= 11 is 0. The summed E-state index contributed by atoms with van der Waals surface area (Å²) in [5, 5.41) is 20.0. The zero-order valence-electron chi connectivity index (χ0n) is 18.6. The summed E-state index contributed by atoms with van der Waals surface area (Å²) in [5.74, 6) is -0.733. The first kappa shape index (κ1) is 23.9. The fourth-order valence-electron chi connectivity index (χ4n) is 3.23. The van der Waals surface area contributed by atoms with Crippen molar-refractivity contribution in [2.75, 3.05) is 25.0 Å². The van der Waals surface area contributed by atoms with Crippen molar-refractivity contribution in [3.8, 4) is 11.5 Å². The van der Waals surface area contributed by atoms with Gasteiger partial charge in [0.15, 0.2) is 11.5 Å². The number of para-hydroxylation sites is 1. The van der Waals surface area contributed by atoms with Crippen LogP contribution in [0.2, 0.25) is 0 Å². The highest BCUT2D eigenvalue weighted by Crippen LogP contribution is 2.31. The van der Waals surface area contributed by atoms with Crippen LogP contribution in [0.25, 0.3) is 0 Å². The van der Waals surface area contributed by atoms with Crippen molar-refractivity contribution >= 4 is 29.1 Å². The van der Waals surface area contributed by atoms with Gasteiger partial charge in [0.2, 0.25) is 0 Å². The number of nitrogens with one attached hydrogen (secondary N) is 4. The van der Waals surface area contributed by atoms with Crippen molar-refractivity contribution in [2.45, 2.75) is 6.04 Å². The van der Waals surface area contributed by atoms with E-state index >= 15 is 0 Å². The zero-order chi connectivity index (χ0) is 24.7. The maximum Gasteiger partial charge on any atom is 0.337 e. The fraction of sp³-hybridized carbons (Fsp3) is 0.125. The van der Waals surface area contributed by atoms with Crippen LogP contribution in [0.5, 0.6) is 11.5 Å². The van der Waals surface area contributed by atoms with Crippen molar-refractivity contribution in [3.05, 3.63) is 83.4 Å². The van der Waals surface area contributed by atoms with Crippen LogP contribution in [0.4, 0.5) is 11.4 Å². The predicted molar refractivity (Wildman–Crippen MR) is 129 cm³/mol. The standard InChI is InChI=1S/C24H25N5O5/c1-33-19-12-9-15(13-20(19)34-2)21(27-16-10-7-14(8-11-16)22(25)26)23(30)29-28-18-6-4-3-5-17(18)24(31)32/h3-13,21,27-28H,1-2H3,(H3,25,26)(H,29,30)(H,31,32). The van der Waals surface area contributed by atoms with E-state index in [1.807, 2.05) is 0 Å². The molecular formula is C24H25N5O5. The van der Waals surface area contributed by atoms with Crippen LogP contribution in [0, 0.1) is 5.41 Å². The number of nitrogen functional groups attached to an aromatic ring is 1. The number of hydrazine groups is 1. The van der Waals surface area contributed by atoms with Gasteiger partial charge in [0, 0.05) is 11.3 Å². The number of anilines is 2. The summed E-state index contributed by atoms with van der Waals surface area (Å²) in [6.07, 6.45) is 0. The molecule has 10 heteroatoms. The Labute approximate surface area is 196 Å².